The molecule has 2 aromatic rings. The highest BCUT2D eigenvalue weighted by Gasteiger charge is 2.13. The summed E-state index contributed by atoms with van der Waals surface area (Å²) in [6, 6.07) is 2.29. The molecule has 0 saturated carbocycles. The Morgan fingerprint density at radius 2 is 2.26 bits per heavy atom. The third-order valence-corrected chi connectivity index (χ3v) is 3.33. The van der Waals surface area contributed by atoms with Crippen LogP contribution < -0.4 is 5.32 Å². The maximum atomic E-state index is 5.29. The molecule has 0 aliphatic carbocycles. The third-order valence-electron chi connectivity index (χ3n) is 2.90. The summed E-state index contributed by atoms with van der Waals surface area (Å²) >= 11 is 3.38. The van der Waals surface area contributed by atoms with Gasteiger partial charge in [0.1, 0.15) is 0 Å². The average Bonchev–Trinajstić information content (AvgIpc) is 2.87. The minimum atomic E-state index is 0.374. The smallest absolute Gasteiger partial charge is 0.228 e. The van der Waals surface area contributed by atoms with Crippen LogP contribution in [-0.4, -0.2) is 28.2 Å². The van der Waals surface area contributed by atoms with Gasteiger partial charge in [0, 0.05) is 34.9 Å². The largest absolute Gasteiger partial charge is 0.339 e. The molecule has 0 saturated heterocycles. The fourth-order valence-corrected chi connectivity index (χ4v) is 2.26. The highest BCUT2D eigenvalue weighted by atomic mass is 79.9. The summed E-state index contributed by atoms with van der Waals surface area (Å²) in [6.45, 7) is 2.16. The first-order valence-corrected chi connectivity index (χ1v) is 7.13. The normalized spacial score (nSPS) is 12.6. The zero-order valence-corrected chi connectivity index (χ0v) is 12.6. The number of nitrogens with zero attached hydrogens (tertiary/aromatic N) is 3. The van der Waals surface area contributed by atoms with Gasteiger partial charge >= 0.3 is 0 Å². The van der Waals surface area contributed by atoms with Crippen molar-refractivity contribution in [1.82, 2.24) is 20.4 Å². The van der Waals surface area contributed by atoms with E-state index >= 15 is 0 Å². The molecule has 0 aromatic carbocycles. The second kappa shape index (κ2) is 6.77. The van der Waals surface area contributed by atoms with Crippen LogP contribution in [0.1, 0.15) is 25.7 Å². The lowest BCUT2D eigenvalue weighted by molar-refractivity contribution is 0.356. The molecular formula is C13H17BrN4O. The van der Waals surface area contributed by atoms with Crippen LogP contribution in [0.5, 0.6) is 0 Å². The van der Waals surface area contributed by atoms with Crippen molar-refractivity contribution < 1.29 is 4.52 Å². The van der Waals surface area contributed by atoms with Crippen LogP contribution in [0.4, 0.5) is 0 Å². The highest BCUT2D eigenvalue weighted by Crippen LogP contribution is 2.19. The summed E-state index contributed by atoms with van der Waals surface area (Å²) in [5, 5.41) is 7.26. The van der Waals surface area contributed by atoms with Gasteiger partial charge in [-0.05, 0) is 35.5 Å². The Morgan fingerprint density at radius 1 is 1.42 bits per heavy atom. The fraction of sp³-hybridized carbons (Fsp3) is 0.462. The van der Waals surface area contributed by atoms with Crippen LogP contribution >= 0.6 is 15.9 Å². The zero-order chi connectivity index (χ0) is 13.7. The summed E-state index contributed by atoms with van der Waals surface area (Å²) in [6.07, 6.45) is 6.41. The van der Waals surface area contributed by atoms with Gasteiger partial charge in [-0.25, -0.2) is 0 Å². The Balaban J connectivity index is 2.10. The number of pyridine rings is 1. The van der Waals surface area contributed by atoms with Crippen LogP contribution in [0.15, 0.2) is 27.5 Å². The lowest BCUT2D eigenvalue weighted by Gasteiger charge is -2.11. The first-order chi connectivity index (χ1) is 9.22. The van der Waals surface area contributed by atoms with Gasteiger partial charge in [-0.15, -0.1) is 0 Å². The summed E-state index contributed by atoms with van der Waals surface area (Å²) in [5.74, 6) is 1.23. The van der Waals surface area contributed by atoms with Crippen molar-refractivity contribution in [2.45, 2.75) is 32.2 Å². The SMILES string of the molecule is CCCC(Cc1nc(-c2cncc(Br)c2)no1)NC. The molecule has 19 heavy (non-hydrogen) atoms. The first-order valence-electron chi connectivity index (χ1n) is 6.33. The number of hydrogen-bond donors (Lipinski definition) is 1. The lowest BCUT2D eigenvalue weighted by atomic mass is 10.1. The van der Waals surface area contributed by atoms with Gasteiger partial charge in [0.2, 0.25) is 11.7 Å². The number of nitrogens with one attached hydrogen (secondary N) is 1. The predicted octanol–water partition coefficient (Wildman–Crippen LogP) is 2.82. The van der Waals surface area contributed by atoms with Gasteiger partial charge in [-0.2, -0.15) is 4.98 Å². The van der Waals surface area contributed by atoms with Gasteiger partial charge in [-0.1, -0.05) is 18.5 Å². The molecule has 0 radical (unpaired) electrons. The Kier molecular flexibility index (Phi) is 5.04. The van der Waals surface area contributed by atoms with Gasteiger partial charge in [-0.3, -0.25) is 4.98 Å². The van der Waals surface area contributed by atoms with E-state index in [0.717, 1.165) is 29.3 Å². The Hall–Kier alpha value is -1.27. The second-order valence-electron chi connectivity index (χ2n) is 4.38. The van der Waals surface area contributed by atoms with Crippen LogP contribution in [0, 0.1) is 0 Å². The summed E-state index contributed by atoms with van der Waals surface area (Å²) in [4.78, 5) is 8.51. The number of aromatic nitrogens is 3. The molecule has 2 rings (SSSR count). The summed E-state index contributed by atoms with van der Waals surface area (Å²) < 4.78 is 6.19. The molecular weight excluding hydrogens is 308 g/mol. The molecule has 0 aliphatic rings. The molecule has 2 aromatic heterocycles. The van der Waals surface area contributed by atoms with E-state index in [1.54, 1.807) is 12.4 Å². The minimum Gasteiger partial charge on any atom is -0.339 e. The minimum absolute atomic E-state index is 0.374. The van der Waals surface area contributed by atoms with Gasteiger partial charge < -0.3 is 9.84 Å². The van der Waals surface area contributed by atoms with E-state index in [4.69, 9.17) is 4.52 Å². The van der Waals surface area contributed by atoms with E-state index in [1.807, 2.05) is 13.1 Å². The molecule has 1 atom stereocenters. The van der Waals surface area contributed by atoms with Gasteiger partial charge in [0.05, 0.1) is 0 Å². The maximum Gasteiger partial charge on any atom is 0.228 e. The topological polar surface area (TPSA) is 63.8 Å². The second-order valence-corrected chi connectivity index (χ2v) is 5.30. The third kappa shape index (κ3) is 3.84. The number of rotatable bonds is 6. The van der Waals surface area contributed by atoms with Crippen molar-refractivity contribution in [3.63, 3.8) is 0 Å². The van der Waals surface area contributed by atoms with Crippen molar-refractivity contribution in [1.29, 1.82) is 0 Å². The highest BCUT2D eigenvalue weighted by molar-refractivity contribution is 9.10. The number of halogens is 1. The van der Waals surface area contributed by atoms with Crippen molar-refractivity contribution in [2.75, 3.05) is 7.05 Å². The molecule has 0 aliphatic heterocycles. The van der Waals surface area contributed by atoms with Crippen molar-refractivity contribution in [3.05, 3.63) is 28.8 Å². The summed E-state index contributed by atoms with van der Waals surface area (Å²) in [5.41, 5.74) is 0.848. The Bertz CT molecular complexity index is 529. The van der Waals surface area contributed by atoms with Crippen LogP contribution in [0.2, 0.25) is 0 Å². The zero-order valence-electron chi connectivity index (χ0n) is 11.1. The molecule has 0 amide bonds. The molecule has 6 heteroatoms. The van der Waals surface area contributed by atoms with Crippen LogP contribution in [0.3, 0.4) is 0 Å². The standard InChI is InChI=1S/C13H17BrN4O/c1-3-4-11(15-2)6-12-17-13(18-19-12)9-5-10(14)8-16-7-9/h5,7-8,11,15H,3-4,6H2,1-2H3. The lowest BCUT2D eigenvalue weighted by Crippen LogP contribution is -2.27. The first kappa shape index (κ1) is 14.1. The molecule has 5 nitrogen and oxygen atoms in total. The van der Waals surface area contributed by atoms with Crippen molar-refractivity contribution in [2.24, 2.45) is 0 Å². The quantitative estimate of drug-likeness (QED) is 0.885. The van der Waals surface area contributed by atoms with E-state index in [1.165, 1.54) is 0 Å². The predicted molar refractivity (Wildman–Crippen MR) is 76.7 cm³/mol. The van der Waals surface area contributed by atoms with Crippen molar-refractivity contribution in [3.8, 4) is 11.4 Å². The average molecular weight is 325 g/mol. The molecule has 1 unspecified atom stereocenters. The molecule has 1 N–H and O–H groups in total. The molecule has 102 valence electrons. The fourth-order valence-electron chi connectivity index (χ4n) is 1.90. The van der Waals surface area contributed by atoms with Crippen LogP contribution in [-0.2, 0) is 6.42 Å². The molecule has 0 fully saturated rings. The molecule has 0 bridgehead atoms. The number of hydrogen-bond acceptors (Lipinski definition) is 5. The van der Waals surface area contributed by atoms with E-state index in [9.17, 15) is 0 Å². The summed E-state index contributed by atoms with van der Waals surface area (Å²) in [7, 11) is 1.95. The Morgan fingerprint density at radius 3 is 2.95 bits per heavy atom. The van der Waals surface area contributed by atoms with Gasteiger partial charge in [0.15, 0.2) is 0 Å². The molecule has 2 heterocycles. The van der Waals surface area contributed by atoms with E-state index in [0.29, 0.717) is 17.8 Å². The maximum absolute atomic E-state index is 5.29. The van der Waals surface area contributed by atoms with E-state index in [-0.39, 0.29) is 0 Å². The van der Waals surface area contributed by atoms with Crippen molar-refractivity contribution >= 4 is 15.9 Å². The van der Waals surface area contributed by atoms with Crippen LogP contribution in [0.25, 0.3) is 11.4 Å². The van der Waals surface area contributed by atoms with E-state index < -0.39 is 0 Å². The molecule has 0 spiro atoms. The van der Waals surface area contributed by atoms with E-state index in [2.05, 4.69) is 43.3 Å². The van der Waals surface area contributed by atoms with Gasteiger partial charge in [0.25, 0.3) is 0 Å². The number of likely N-dealkylation sites (N-methyl/N-ethyl adjacent to an activating group) is 1. The monoisotopic (exact) mass is 324 g/mol. The Labute approximate surface area is 121 Å².